The first kappa shape index (κ1) is 23.2. The maximum absolute atomic E-state index is 12.4. The van der Waals surface area contributed by atoms with E-state index >= 15 is 0 Å². The van der Waals surface area contributed by atoms with E-state index in [0.29, 0.717) is 23.7 Å². The van der Waals surface area contributed by atoms with Crippen molar-refractivity contribution in [3.05, 3.63) is 29.8 Å². The molecule has 29 heavy (non-hydrogen) atoms. The molecule has 2 rings (SSSR count). The van der Waals surface area contributed by atoms with E-state index in [2.05, 4.69) is 34.7 Å². The van der Waals surface area contributed by atoms with E-state index in [1.807, 2.05) is 20.8 Å². The zero-order chi connectivity index (χ0) is 21.4. The summed E-state index contributed by atoms with van der Waals surface area (Å²) in [7, 11) is 0. The Balaban J connectivity index is 1.92. The van der Waals surface area contributed by atoms with Gasteiger partial charge in [0.2, 0.25) is 0 Å². The minimum atomic E-state index is -0.317. The Kier molecular flexibility index (Phi) is 8.46. The molecule has 1 aliphatic heterocycles. The van der Waals surface area contributed by atoms with Crippen molar-refractivity contribution in [3.8, 4) is 0 Å². The molecule has 1 saturated heterocycles. The van der Waals surface area contributed by atoms with Crippen molar-refractivity contribution in [2.45, 2.75) is 52.6 Å². The average molecular weight is 405 g/mol. The number of hydrogen-bond acceptors (Lipinski definition) is 4. The molecule has 7 heteroatoms. The zero-order valence-corrected chi connectivity index (χ0v) is 18.4. The van der Waals surface area contributed by atoms with E-state index in [1.54, 1.807) is 24.3 Å². The summed E-state index contributed by atoms with van der Waals surface area (Å²) in [6, 6.07) is 6.99. The number of amides is 3. The van der Waals surface area contributed by atoms with Crippen LogP contribution in [0.5, 0.6) is 0 Å². The van der Waals surface area contributed by atoms with E-state index < -0.39 is 0 Å². The smallest absolute Gasteiger partial charge is 0.319 e. The number of hydrogen-bond donors (Lipinski definition) is 3. The van der Waals surface area contributed by atoms with E-state index in [4.69, 9.17) is 4.74 Å². The molecule has 1 fully saturated rings. The predicted octanol–water partition coefficient (Wildman–Crippen LogP) is 3.08. The summed E-state index contributed by atoms with van der Waals surface area (Å²) in [4.78, 5) is 27.2. The second-order valence-electron chi connectivity index (χ2n) is 9.05. The van der Waals surface area contributed by atoms with Crippen LogP contribution in [0.25, 0.3) is 0 Å². The molecule has 1 aromatic carbocycles. The van der Waals surface area contributed by atoms with Crippen molar-refractivity contribution < 1.29 is 14.3 Å². The second-order valence-corrected chi connectivity index (χ2v) is 9.05. The van der Waals surface area contributed by atoms with Crippen LogP contribution in [0.15, 0.2) is 24.3 Å². The van der Waals surface area contributed by atoms with Gasteiger partial charge in [0.15, 0.2) is 0 Å². The quantitative estimate of drug-likeness (QED) is 0.652. The second kappa shape index (κ2) is 10.6. The van der Waals surface area contributed by atoms with Crippen LogP contribution < -0.4 is 16.0 Å². The van der Waals surface area contributed by atoms with Crippen LogP contribution in [0.3, 0.4) is 0 Å². The topological polar surface area (TPSA) is 82.7 Å². The van der Waals surface area contributed by atoms with Crippen molar-refractivity contribution in [1.82, 2.24) is 15.5 Å². The Labute approximate surface area is 174 Å². The van der Waals surface area contributed by atoms with Gasteiger partial charge >= 0.3 is 6.03 Å². The number of carbonyl (C=O) groups excluding carboxylic acids is 2. The molecular weight excluding hydrogens is 368 g/mol. The van der Waals surface area contributed by atoms with Crippen molar-refractivity contribution in [3.63, 3.8) is 0 Å². The van der Waals surface area contributed by atoms with Gasteiger partial charge in [0.05, 0.1) is 13.2 Å². The summed E-state index contributed by atoms with van der Waals surface area (Å²) < 4.78 is 5.45. The Bertz CT molecular complexity index is 679. The standard InChI is InChI=1S/C22H36N4O3/c1-16(2)13-19(26-9-11-29-12-10-26)15-23-21(28)24-18-8-6-7-17(14-18)20(27)25-22(3,4)5/h6-8,14,16,19H,9-13,15H2,1-5H3,(H,25,27)(H2,23,24,28). The molecule has 0 radical (unpaired) electrons. The van der Waals surface area contributed by atoms with Gasteiger partial charge in [-0.25, -0.2) is 4.79 Å². The van der Waals surface area contributed by atoms with Gasteiger partial charge in [-0.15, -0.1) is 0 Å². The molecule has 7 nitrogen and oxygen atoms in total. The van der Waals surface area contributed by atoms with Crippen molar-refractivity contribution in [2.24, 2.45) is 5.92 Å². The molecule has 1 aliphatic rings. The third-order valence-electron chi connectivity index (χ3n) is 4.67. The molecular formula is C22H36N4O3. The van der Waals surface area contributed by atoms with Crippen LogP contribution in [-0.2, 0) is 4.74 Å². The average Bonchev–Trinajstić information content (AvgIpc) is 2.64. The number of benzene rings is 1. The molecule has 0 aromatic heterocycles. The molecule has 0 bridgehead atoms. The van der Waals surface area contributed by atoms with Crippen LogP contribution >= 0.6 is 0 Å². The minimum Gasteiger partial charge on any atom is -0.379 e. The fourth-order valence-electron chi connectivity index (χ4n) is 3.39. The number of nitrogens with one attached hydrogen (secondary N) is 3. The first-order valence-electron chi connectivity index (χ1n) is 10.4. The number of rotatable bonds is 7. The van der Waals surface area contributed by atoms with E-state index in [9.17, 15) is 9.59 Å². The van der Waals surface area contributed by atoms with Crippen molar-refractivity contribution >= 4 is 17.6 Å². The Hall–Kier alpha value is -2.12. The van der Waals surface area contributed by atoms with Gasteiger partial charge < -0.3 is 20.7 Å². The predicted molar refractivity (Wildman–Crippen MR) is 116 cm³/mol. The third-order valence-corrected chi connectivity index (χ3v) is 4.67. The maximum atomic E-state index is 12.4. The molecule has 1 aromatic rings. The zero-order valence-electron chi connectivity index (χ0n) is 18.4. The highest BCUT2D eigenvalue weighted by atomic mass is 16.5. The molecule has 0 saturated carbocycles. The first-order chi connectivity index (χ1) is 13.6. The normalized spacial score (nSPS) is 16.3. The summed E-state index contributed by atoms with van der Waals surface area (Å²) in [6.45, 7) is 14.0. The van der Waals surface area contributed by atoms with E-state index in [-0.39, 0.29) is 23.5 Å². The minimum absolute atomic E-state index is 0.161. The highest BCUT2D eigenvalue weighted by Crippen LogP contribution is 2.14. The molecule has 0 spiro atoms. The Morgan fingerprint density at radius 2 is 1.86 bits per heavy atom. The fourth-order valence-corrected chi connectivity index (χ4v) is 3.39. The Morgan fingerprint density at radius 3 is 2.48 bits per heavy atom. The number of carbonyl (C=O) groups is 2. The van der Waals surface area contributed by atoms with Gasteiger partial charge in [-0.3, -0.25) is 9.69 Å². The first-order valence-corrected chi connectivity index (χ1v) is 10.4. The van der Waals surface area contributed by atoms with Crippen LogP contribution in [0.2, 0.25) is 0 Å². The number of ether oxygens (including phenoxy) is 1. The molecule has 1 unspecified atom stereocenters. The number of urea groups is 1. The lowest BCUT2D eigenvalue weighted by Gasteiger charge is -2.35. The molecule has 0 aliphatic carbocycles. The highest BCUT2D eigenvalue weighted by Gasteiger charge is 2.22. The van der Waals surface area contributed by atoms with Gasteiger partial charge in [0.25, 0.3) is 5.91 Å². The lowest BCUT2D eigenvalue weighted by Crippen LogP contribution is -2.49. The van der Waals surface area contributed by atoms with E-state index in [1.165, 1.54) is 0 Å². The van der Waals surface area contributed by atoms with Crippen LogP contribution in [0.1, 0.15) is 51.4 Å². The highest BCUT2D eigenvalue weighted by molar-refractivity contribution is 5.97. The molecule has 3 N–H and O–H groups in total. The van der Waals surface area contributed by atoms with Gasteiger partial charge in [0, 0.05) is 42.5 Å². The lowest BCUT2D eigenvalue weighted by molar-refractivity contribution is 0.0130. The van der Waals surface area contributed by atoms with Crippen LogP contribution in [0.4, 0.5) is 10.5 Å². The lowest BCUT2D eigenvalue weighted by atomic mass is 10.0. The fraction of sp³-hybridized carbons (Fsp3) is 0.636. The monoisotopic (exact) mass is 404 g/mol. The molecule has 3 amide bonds. The van der Waals surface area contributed by atoms with Crippen molar-refractivity contribution in [2.75, 3.05) is 38.2 Å². The number of anilines is 1. The van der Waals surface area contributed by atoms with Crippen LogP contribution in [0, 0.1) is 5.92 Å². The molecule has 162 valence electrons. The summed E-state index contributed by atoms with van der Waals surface area (Å²) in [5.74, 6) is 0.386. The third kappa shape index (κ3) is 8.41. The van der Waals surface area contributed by atoms with Crippen molar-refractivity contribution in [1.29, 1.82) is 0 Å². The van der Waals surface area contributed by atoms with Gasteiger partial charge in [-0.05, 0) is 51.3 Å². The van der Waals surface area contributed by atoms with Crippen LogP contribution in [-0.4, -0.2) is 61.3 Å². The molecule has 1 atom stereocenters. The SMILES string of the molecule is CC(C)CC(CNC(=O)Nc1cccc(C(=O)NC(C)(C)C)c1)N1CCOCC1. The molecule has 1 heterocycles. The van der Waals surface area contributed by atoms with Gasteiger partial charge in [0.1, 0.15) is 0 Å². The van der Waals surface area contributed by atoms with Gasteiger partial charge in [-0.1, -0.05) is 19.9 Å². The van der Waals surface area contributed by atoms with Gasteiger partial charge in [-0.2, -0.15) is 0 Å². The largest absolute Gasteiger partial charge is 0.379 e. The maximum Gasteiger partial charge on any atom is 0.319 e. The summed E-state index contributed by atoms with van der Waals surface area (Å²) in [5, 5.41) is 8.75. The number of morpholine rings is 1. The summed E-state index contributed by atoms with van der Waals surface area (Å²) >= 11 is 0. The van der Waals surface area contributed by atoms with E-state index in [0.717, 1.165) is 32.7 Å². The number of nitrogens with zero attached hydrogens (tertiary/aromatic N) is 1. The Morgan fingerprint density at radius 1 is 1.17 bits per heavy atom. The summed E-state index contributed by atoms with van der Waals surface area (Å²) in [6.07, 6.45) is 1.02. The summed E-state index contributed by atoms with van der Waals surface area (Å²) in [5.41, 5.74) is 0.794.